The van der Waals surface area contributed by atoms with Crippen LogP contribution in [0.5, 0.6) is 0 Å². The Morgan fingerprint density at radius 3 is 3.17 bits per heavy atom. The molecule has 0 aliphatic carbocycles. The SMILES string of the molecule is NCCC(=O)OCCc1ccc2c(c1)CCCS2. The maximum absolute atomic E-state index is 11.2. The highest BCUT2D eigenvalue weighted by molar-refractivity contribution is 7.99. The van der Waals surface area contributed by atoms with E-state index in [0.29, 0.717) is 19.6 Å². The highest BCUT2D eigenvalue weighted by atomic mass is 32.2. The van der Waals surface area contributed by atoms with Gasteiger partial charge >= 0.3 is 5.97 Å². The number of carbonyl (C=O) groups is 1. The number of rotatable bonds is 5. The van der Waals surface area contributed by atoms with Gasteiger partial charge < -0.3 is 10.5 Å². The van der Waals surface area contributed by atoms with E-state index in [2.05, 4.69) is 18.2 Å². The lowest BCUT2D eigenvalue weighted by Crippen LogP contribution is -2.12. The number of fused-ring (bicyclic) bond motifs is 1. The van der Waals surface area contributed by atoms with Gasteiger partial charge in [-0.1, -0.05) is 12.1 Å². The van der Waals surface area contributed by atoms with Gasteiger partial charge in [0.25, 0.3) is 0 Å². The van der Waals surface area contributed by atoms with Crippen molar-refractivity contribution in [1.29, 1.82) is 0 Å². The molecule has 0 saturated carbocycles. The van der Waals surface area contributed by atoms with E-state index < -0.39 is 0 Å². The Morgan fingerprint density at radius 2 is 2.33 bits per heavy atom. The molecule has 98 valence electrons. The minimum absolute atomic E-state index is 0.203. The molecule has 2 rings (SSSR count). The third-order valence-corrected chi connectivity index (χ3v) is 4.18. The van der Waals surface area contributed by atoms with Gasteiger partial charge in [-0.25, -0.2) is 0 Å². The zero-order valence-electron chi connectivity index (χ0n) is 10.5. The Bertz CT molecular complexity index is 420. The molecule has 0 bridgehead atoms. The fourth-order valence-electron chi connectivity index (χ4n) is 2.04. The molecule has 0 fully saturated rings. The van der Waals surface area contributed by atoms with Crippen molar-refractivity contribution in [2.45, 2.75) is 30.6 Å². The lowest BCUT2D eigenvalue weighted by atomic mass is 10.0. The zero-order chi connectivity index (χ0) is 12.8. The third kappa shape index (κ3) is 3.75. The monoisotopic (exact) mass is 265 g/mol. The van der Waals surface area contributed by atoms with E-state index in [-0.39, 0.29) is 5.97 Å². The van der Waals surface area contributed by atoms with Crippen molar-refractivity contribution in [1.82, 2.24) is 0 Å². The summed E-state index contributed by atoms with van der Waals surface area (Å²) >= 11 is 1.93. The number of ether oxygens (including phenoxy) is 1. The first kappa shape index (κ1) is 13.4. The van der Waals surface area contributed by atoms with Crippen LogP contribution in [-0.4, -0.2) is 24.9 Å². The van der Waals surface area contributed by atoms with Crippen molar-refractivity contribution >= 4 is 17.7 Å². The molecule has 1 aromatic carbocycles. The largest absolute Gasteiger partial charge is 0.465 e. The highest BCUT2D eigenvalue weighted by Crippen LogP contribution is 2.30. The molecule has 0 saturated heterocycles. The van der Waals surface area contributed by atoms with Crippen LogP contribution in [0.25, 0.3) is 0 Å². The number of hydrogen-bond donors (Lipinski definition) is 1. The van der Waals surface area contributed by atoms with E-state index in [1.165, 1.54) is 34.6 Å². The van der Waals surface area contributed by atoms with Crippen LogP contribution in [0, 0.1) is 0 Å². The second-order valence-electron chi connectivity index (χ2n) is 4.40. The van der Waals surface area contributed by atoms with Gasteiger partial charge in [0, 0.05) is 17.9 Å². The Kier molecular flexibility index (Phi) is 5.08. The van der Waals surface area contributed by atoms with Crippen LogP contribution in [-0.2, 0) is 22.4 Å². The molecule has 1 aliphatic heterocycles. The molecule has 3 nitrogen and oxygen atoms in total. The van der Waals surface area contributed by atoms with Crippen molar-refractivity contribution in [3.05, 3.63) is 29.3 Å². The van der Waals surface area contributed by atoms with Gasteiger partial charge in [0.1, 0.15) is 0 Å². The number of aryl methyl sites for hydroxylation is 1. The van der Waals surface area contributed by atoms with E-state index in [0.717, 1.165) is 6.42 Å². The number of hydrogen-bond acceptors (Lipinski definition) is 4. The van der Waals surface area contributed by atoms with Gasteiger partial charge in [0.15, 0.2) is 0 Å². The topological polar surface area (TPSA) is 52.3 Å². The fourth-order valence-corrected chi connectivity index (χ4v) is 3.06. The van der Waals surface area contributed by atoms with Crippen molar-refractivity contribution in [2.24, 2.45) is 5.73 Å². The molecule has 1 aliphatic rings. The van der Waals surface area contributed by atoms with Crippen LogP contribution in [0.1, 0.15) is 24.0 Å². The summed E-state index contributed by atoms with van der Waals surface area (Å²) in [5.41, 5.74) is 7.97. The molecule has 2 N–H and O–H groups in total. The number of carbonyl (C=O) groups excluding carboxylic acids is 1. The summed E-state index contributed by atoms with van der Waals surface area (Å²) in [6, 6.07) is 6.57. The van der Waals surface area contributed by atoms with E-state index in [1.54, 1.807) is 0 Å². The Labute approximate surface area is 112 Å². The summed E-state index contributed by atoms with van der Waals surface area (Å²) in [4.78, 5) is 12.6. The molecule has 1 aromatic rings. The standard InChI is InChI=1S/C14H19NO2S/c15-7-5-14(16)17-8-6-11-3-4-13-12(10-11)2-1-9-18-13/h3-4,10H,1-2,5-9,15H2. The highest BCUT2D eigenvalue weighted by Gasteiger charge is 2.10. The quantitative estimate of drug-likeness (QED) is 0.829. The minimum atomic E-state index is -0.203. The van der Waals surface area contributed by atoms with Gasteiger partial charge in [-0.3, -0.25) is 4.79 Å². The average molecular weight is 265 g/mol. The fraction of sp³-hybridized carbons (Fsp3) is 0.500. The lowest BCUT2D eigenvalue weighted by molar-refractivity contribution is -0.143. The number of nitrogens with two attached hydrogens (primary N) is 1. The number of benzene rings is 1. The van der Waals surface area contributed by atoms with E-state index >= 15 is 0 Å². The second kappa shape index (κ2) is 6.81. The van der Waals surface area contributed by atoms with Gasteiger partial charge in [-0.2, -0.15) is 0 Å². The van der Waals surface area contributed by atoms with Crippen LogP contribution >= 0.6 is 11.8 Å². The molecule has 0 atom stereocenters. The maximum atomic E-state index is 11.2. The predicted molar refractivity (Wildman–Crippen MR) is 73.8 cm³/mol. The molecular weight excluding hydrogens is 246 g/mol. The van der Waals surface area contributed by atoms with Gasteiger partial charge in [0.2, 0.25) is 0 Å². The lowest BCUT2D eigenvalue weighted by Gasteiger charge is -2.16. The van der Waals surface area contributed by atoms with E-state index in [9.17, 15) is 4.79 Å². The normalized spacial score (nSPS) is 14.1. The predicted octanol–water partition coefficient (Wildman–Crippen LogP) is 2.16. The van der Waals surface area contributed by atoms with Crippen LogP contribution in [0.4, 0.5) is 0 Å². The van der Waals surface area contributed by atoms with E-state index in [1.807, 2.05) is 11.8 Å². The average Bonchev–Trinajstić information content (AvgIpc) is 2.39. The maximum Gasteiger partial charge on any atom is 0.307 e. The second-order valence-corrected chi connectivity index (χ2v) is 5.54. The summed E-state index contributed by atoms with van der Waals surface area (Å²) in [7, 11) is 0. The van der Waals surface area contributed by atoms with Crippen LogP contribution in [0.3, 0.4) is 0 Å². The van der Waals surface area contributed by atoms with Crippen LogP contribution in [0.15, 0.2) is 23.1 Å². The van der Waals surface area contributed by atoms with Gasteiger partial charge in [0.05, 0.1) is 13.0 Å². The zero-order valence-corrected chi connectivity index (χ0v) is 11.3. The third-order valence-electron chi connectivity index (χ3n) is 2.98. The van der Waals surface area contributed by atoms with Crippen molar-refractivity contribution in [3.63, 3.8) is 0 Å². The molecule has 1 heterocycles. The molecule has 0 amide bonds. The first-order chi connectivity index (χ1) is 8.79. The Balaban J connectivity index is 1.84. The smallest absolute Gasteiger partial charge is 0.307 e. The van der Waals surface area contributed by atoms with E-state index in [4.69, 9.17) is 10.5 Å². The molecule has 4 heteroatoms. The Hall–Kier alpha value is -1.00. The first-order valence-corrected chi connectivity index (χ1v) is 7.38. The molecular formula is C14H19NO2S. The van der Waals surface area contributed by atoms with Crippen LogP contribution < -0.4 is 5.73 Å². The van der Waals surface area contributed by atoms with Crippen LogP contribution in [0.2, 0.25) is 0 Å². The van der Waals surface area contributed by atoms with Gasteiger partial charge in [-0.15, -0.1) is 11.8 Å². The molecule has 0 spiro atoms. The van der Waals surface area contributed by atoms with Crippen molar-refractivity contribution < 1.29 is 9.53 Å². The summed E-state index contributed by atoms with van der Waals surface area (Å²) in [5.74, 6) is 1.02. The van der Waals surface area contributed by atoms with Crippen molar-refractivity contribution in [2.75, 3.05) is 18.9 Å². The first-order valence-electron chi connectivity index (χ1n) is 6.40. The van der Waals surface area contributed by atoms with Gasteiger partial charge in [-0.05, 0) is 35.8 Å². The number of esters is 1. The summed E-state index contributed by atoms with van der Waals surface area (Å²) < 4.78 is 5.11. The molecule has 0 unspecified atom stereocenters. The number of thioether (sulfide) groups is 1. The molecule has 18 heavy (non-hydrogen) atoms. The summed E-state index contributed by atoms with van der Waals surface area (Å²) in [6.45, 7) is 0.805. The summed E-state index contributed by atoms with van der Waals surface area (Å²) in [6.07, 6.45) is 3.52. The Morgan fingerprint density at radius 1 is 1.44 bits per heavy atom. The molecule has 0 radical (unpaired) electrons. The van der Waals surface area contributed by atoms with Crippen molar-refractivity contribution in [3.8, 4) is 0 Å². The summed E-state index contributed by atoms with van der Waals surface area (Å²) in [5, 5.41) is 0. The molecule has 0 aromatic heterocycles. The minimum Gasteiger partial charge on any atom is -0.465 e.